The van der Waals surface area contributed by atoms with Gasteiger partial charge in [0.05, 0.1) is 11.7 Å². The maximum Gasteiger partial charge on any atom is 0.433 e. The second-order valence-electron chi connectivity index (χ2n) is 9.71. The number of anilines is 1. The van der Waals surface area contributed by atoms with E-state index in [0.29, 0.717) is 46.7 Å². The zero-order valence-corrected chi connectivity index (χ0v) is 22.5. The number of aryl methyl sites for hydroxylation is 1. The second kappa shape index (κ2) is 10.6. The molecule has 4 aromatic rings. The number of hydrogen-bond acceptors (Lipinski definition) is 8. The van der Waals surface area contributed by atoms with Crippen molar-refractivity contribution in [2.45, 2.75) is 43.0 Å². The fourth-order valence-electron chi connectivity index (χ4n) is 4.64. The lowest BCUT2D eigenvalue weighted by atomic mass is 10.0. The Labute approximate surface area is 228 Å². The van der Waals surface area contributed by atoms with E-state index in [1.54, 1.807) is 49.3 Å². The first-order chi connectivity index (χ1) is 18.9. The van der Waals surface area contributed by atoms with E-state index in [9.17, 15) is 26.4 Å². The molecule has 4 heterocycles. The molecule has 0 N–H and O–H groups in total. The van der Waals surface area contributed by atoms with Crippen LogP contribution >= 0.6 is 0 Å². The molecule has 0 spiro atoms. The van der Waals surface area contributed by atoms with Gasteiger partial charge in [-0.3, -0.25) is 9.78 Å². The van der Waals surface area contributed by atoms with Crippen molar-refractivity contribution in [1.29, 1.82) is 0 Å². The first-order valence-electron chi connectivity index (χ1n) is 12.6. The van der Waals surface area contributed by atoms with Crippen LogP contribution in [0.25, 0.3) is 22.2 Å². The molecule has 0 radical (unpaired) electrons. The van der Waals surface area contributed by atoms with Crippen LogP contribution in [0.1, 0.15) is 30.7 Å². The lowest BCUT2D eigenvalue weighted by Gasteiger charge is -2.22. The molecule has 0 aliphatic carbocycles. The van der Waals surface area contributed by atoms with Gasteiger partial charge in [0.25, 0.3) is 10.0 Å². The summed E-state index contributed by atoms with van der Waals surface area (Å²) in [7, 11) is -0.585. The maximum absolute atomic E-state index is 13.4. The van der Waals surface area contributed by atoms with E-state index in [-0.39, 0.29) is 30.3 Å². The molecule has 1 saturated heterocycles. The summed E-state index contributed by atoms with van der Waals surface area (Å²) in [6.07, 6.45) is -2.31. The molecular weight excluding hydrogens is 547 g/mol. The molecule has 0 bridgehead atoms. The van der Waals surface area contributed by atoms with Gasteiger partial charge in [-0.25, -0.2) is 18.4 Å². The second-order valence-corrected chi connectivity index (χ2v) is 11.5. The smallest absolute Gasteiger partial charge is 0.433 e. The number of sulfonamides is 1. The molecule has 5 rings (SSSR count). The minimum Gasteiger partial charge on any atom is -0.443 e. The number of pyridine rings is 1. The summed E-state index contributed by atoms with van der Waals surface area (Å²) in [4.78, 5) is 27.3. The predicted molar refractivity (Wildman–Crippen MR) is 141 cm³/mol. The molecule has 210 valence electrons. The minimum absolute atomic E-state index is 0.0192. The number of fused-ring (bicyclic) bond motifs is 1. The molecule has 3 aromatic heterocycles. The Balaban J connectivity index is 1.34. The van der Waals surface area contributed by atoms with Gasteiger partial charge >= 0.3 is 6.18 Å². The number of furan rings is 1. The largest absolute Gasteiger partial charge is 0.443 e. The van der Waals surface area contributed by atoms with Crippen molar-refractivity contribution >= 4 is 32.7 Å². The standard InChI is InChI=1S/C27H26F3N5O4S/c1-34(2)26-32-19(15-20(33-26)18-9-12-24(31-16-18)27(28,29)30)10-11-22(36)21-7-5-13-35(21)40(37,38)25-14-17-6-3-4-8-23(17)39-25/h3-4,6,8-9,12,14-16,21H,5,7,10-11,13H2,1-2H3/t21-/m0/s1. The first-order valence-corrected chi connectivity index (χ1v) is 14.0. The topological polar surface area (TPSA) is 110 Å². The summed E-state index contributed by atoms with van der Waals surface area (Å²) in [5.41, 5.74) is 0.652. The molecule has 0 saturated carbocycles. The monoisotopic (exact) mass is 573 g/mol. The highest BCUT2D eigenvalue weighted by Crippen LogP contribution is 2.32. The van der Waals surface area contributed by atoms with Crippen molar-refractivity contribution in [1.82, 2.24) is 19.3 Å². The number of carbonyl (C=O) groups excluding carboxylic acids is 1. The average Bonchev–Trinajstić information content (AvgIpc) is 3.60. The first kappa shape index (κ1) is 27.7. The van der Waals surface area contributed by atoms with Gasteiger partial charge in [-0.05, 0) is 43.5 Å². The number of alkyl halides is 3. The van der Waals surface area contributed by atoms with Crippen LogP contribution in [0, 0.1) is 0 Å². The maximum atomic E-state index is 13.4. The Hall–Kier alpha value is -3.84. The van der Waals surface area contributed by atoms with Crippen LogP contribution in [0.15, 0.2) is 64.2 Å². The normalized spacial score (nSPS) is 16.5. The SMILES string of the molecule is CN(C)c1nc(CCC(=O)[C@@H]2CCCN2S(=O)(=O)c2cc3ccccc3o2)cc(-c2ccc(C(F)(F)F)nc2)n1. The number of halogens is 3. The minimum atomic E-state index is -4.56. The number of benzene rings is 1. The quantitative estimate of drug-likeness (QED) is 0.298. The third kappa shape index (κ3) is 5.56. The molecule has 1 fully saturated rings. The molecule has 0 amide bonds. The highest BCUT2D eigenvalue weighted by Gasteiger charge is 2.40. The van der Waals surface area contributed by atoms with E-state index in [2.05, 4.69) is 15.0 Å². The van der Waals surface area contributed by atoms with Crippen molar-refractivity contribution in [3.8, 4) is 11.3 Å². The molecule has 13 heteroatoms. The van der Waals surface area contributed by atoms with Crippen LogP contribution in [0.3, 0.4) is 0 Å². The zero-order valence-electron chi connectivity index (χ0n) is 21.7. The summed E-state index contributed by atoms with van der Waals surface area (Å²) in [5, 5.41) is 0.456. The van der Waals surface area contributed by atoms with Gasteiger partial charge in [0.1, 0.15) is 11.3 Å². The van der Waals surface area contributed by atoms with Gasteiger partial charge in [-0.1, -0.05) is 18.2 Å². The lowest BCUT2D eigenvalue weighted by molar-refractivity contribution is -0.141. The van der Waals surface area contributed by atoms with E-state index in [0.717, 1.165) is 12.3 Å². The van der Waals surface area contributed by atoms with Gasteiger partial charge in [0.2, 0.25) is 11.0 Å². The van der Waals surface area contributed by atoms with Crippen molar-refractivity contribution in [2.75, 3.05) is 25.5 Å². The van der Waals surface area contributed by atoms with Crippen LogP contribution in [0.4, 0.5) is 19.1 Å². The number of Topliss-reactive ketones (excluding diaryl/α,β-unsaturated/α-hetero) is 1. The van der Waals surface area contributed by atoms with Gasteiger partial charge in [0.15, 0.2) is 5.78 Å². The Morgan fingerprint density at radius 3 is 2.58 bits per heavy atom. The van der Waals surface area contributed by atoms with Crippen LogP contribution in [-0.2, 0) is 27.4 Å². The van der Waals surface area contributed by atoms with Crippen LogP contribution in [0.2, 0.25) is 0 Å². The van der Waals surface area contributed by atoms with Crippen LogP contribution < -0.4 is 4.90 Å². The molecule has 9 nitrogen and oxygen atoms in total. The number of aromatic nitrogens is 3. The summed E-state index contributed by atoms with van der Waals surface area (Å²) in [6.45, 7) is 0.207. The fraction of sp³-hybridized carbons (Fsp3) is 0.333. The Morgan fingerprint density at radius 2 is 1.90 bits per heavy atom. The number of carbonyl (C=O) groups is 1. The third-order valence-electron chi connectivity index (χ3n) is 6.69. The summed E-state index contributed by atoms with van der Waals surface area (Å²) >= 11 is 0. The van der Waals surface area contributed by atoms with Gasteiger partial charge in [-0.2, -0.15) is 17.5 Å². The van der Waals surface area contributed by atoms with Crippen molar-refractivity contribution in [3.05, 3.63) is 66.1 Å². The van der Waals surface area contributed by atoms with Gasteiger partial charge < -0.3 is 9.32 Å². The fourth-order valence-corrected chi connectivity index (χ4v) is 6.27. The van der Waals surface area contributed by atoms with Crippen LogP contribution in [0.5, 0.6) is 0 Å². The summed E-state index contributed by atoms with van der Waals surface area (Å²) in [5.74, 6) is 0.0646. The number of ketones is 1. The van der Waals surface area contributed by atoms with Crippen LogP contribution in [-0.4, -0.2) is 60.1 Å². The van der Waals surface area contributed by atoms with E-state index in [1.165, 1.54) is 16.4 Å². The molecule has 1 atom stereocenters. The van der Waals surface area contributed by atoms with Gasteiger partial charge in [0, 0.05) is 56.0 Å². The molecule has 1 aliphatic rings. The molecule has 1 aliphatic heterocycles. The zero-order chi connectivity index (χ0) is 28.7. The van der Waals surface area contributed by atoms with E-state index in [1.807, 2.05) is 0 Å². The highest BCUT2D eigenvalue weighted by atomic mass is 32.2. The van der Waals surface area contributed by atoms with E-state index in [4.69, 9.17) is 4.42 Å². The Bertz CT molecular complexity index is 1620. The number of hydrogen-bond donors (Lipinski definition) is 0. The van der Waals surface area contributed by atoms with Crippen molar-refractivity contribution in [2.24, 2.45) is 0 Å². The Kier molecular flexibility index (Phi) is 7.36. The molecular formula is C27H26F3N5O4S. The van der Waals surface area contributed by atoms with Crippen molar-refractivity contribution in [3.63, 3.8) is 0 Å². The molecule has 0 unspecified atom stereocenters. The number of rotatable bonds is 8. The summed E-state index contributed by atoms with van der Waals surface area (Å²) < 4.78 is 72.4. The lowest BCUT2D eigenvalue weighted by Crippen LogP contribution is -2.40. The molecule has 1 aromatic carbocycles. The van der Waals surface area contributed by atoms with E-state index >= 15 is 0 Å². The average molecular weight is 574 g/mol. The highest BCUT2D eigenvalue weighted by molar-refractivity contribution is 7.89. The number of nitrogens with zero attached hydrogens (tertiary/aromatic N) is 5. The van der Waals surface area contributed by atoms with Gasteiger partial charge in [-0.15, -0.1) is 0 Å². The predicted octanol–water partition coefficient (Wildman–Crippen LogP) is 4.72. The van der Waals surface area contributed by atoms with E-state index < -0.39 is 27.9 Å². The molecule has 40 heavy (non-hydrogen) atoms. The van der Waals surface area contributed by atoms with Crippen molar-refractivity contribution < 1.29 is 30.8 Å². The third-order valence-corrected chi connectivity index (χ3v) is 8.45. The summed E-state index contributed by atoms with van der Waals surface area (Å²) in [6, 6.07) is 11.4. The number of para-hydroxylation sites is 1. The Morgan fingerprint density at radius 1 is 1.12 bits per heavy atom.